The number of carbonyl (C=O) groups is 1. The molecule has 1 amide bonds. The standard InChI is InChI=1S/C18H13BrClF2N3O2/c19-12-3-6-16(27-18(21)22)15(7-12)17(26)24-14-8-23-25(10-14)9-11-1-4-13(20)5-2-11/h1-8,10,18H,9H2,(H,24,26). The molecular formula is C18H13BrClF2N3O2. The summed E-state index contributed by atoms with van der Waals surface area (Å²) in [6.45, 7) is -2.54. The maximum Gasteiger partial charge on any atom is 0.387 e. The minimum Gasteiger partial charge on any atom is -0.434 e. The lowest BCUT2D eigenvalue weighted by atomic mass is 10.2. The highest BCUT2D eigenvalue weighted by Gasteiger charge is 2.17. The second-order valence-corrected chi connectivity index (χ2v) is 6.88. The van der Waals surface area contributed by atoms with Crippen molar-refractivity contribution in [2.75, 3.05) is 5.32 Å². The molecule has 0 radical (unpaired) electrons. The van der Waals surface area contributed by atoms with Gasteiger partial charge in [-0.15, -0.1) is 0 Å². The molecule has 1 heterocycles. The summed E-state index contributed by atoms with van der Waals surface area (Å²) in [5.41, 5.74) is 1.40. The number of aromatic nitrogens is 2. The lowest BCUT2D eigenvalue weighted by molar-refractivity contribution is -0.0501. The Labute approximate surface area is 167 Å². The van der Waals surface area contributed by atoms with Gasteiger partial charge in [-0.05, 0) is 35.9 Å². The number of benzene rings is 2. The molecule has 5 nitrogen and oxygen atoms in total. The van der Waals surface area contributed by atoms with Crippen LogP contribution in [0.15, 0.2) is 59.3 Å². The minimum absolute atomic E-state index is 0.0184. The Kier molecular flexibility index (Phi) is 6.08. The Balaban J connectivity index is 1.72. The van der Waals surface area contributed by atoms with Gasteiger partial charge in [0.2, 0.25) is 0 Å². The Morgan fingerprint density at radius 1 is 1.26 bits per heavy atom. The third kappa shape index (κ3) is 5.27. The fraction of sp³-hybridized carbons (Fsp3) is 0.111. The van der Waals surface area contributed by atoms with Crippen molar-refractivity contribution in [2.24, 2.45) is 0 Å². The van der Waals surface area contributed by atoms with E-state index in [1.165, 1.54) is 24.4 Å². The van der Waals surface area contributed by atoms with Crippen LogP contribution in [0, 0.1) is 0 Å². The summed E-state index contributed by atoms with van der Waals surface area (Å²) in [5.74, 6) is -0.794. The van der Waals surface area contributed by atoms with Crippen molar-refractivity contribution in [1.29, 1.82) is 0 Å². The molecule has 3 rings (SSSR count). The molecule has 9 heteroatoms. The first-order valence-corrected chi connectivity index (χ1v) is 8.90. The monoisotopic (exact) mass is 455 g/mol. The molecule has 0 saturated heterocycles. The average molecular weight is 457 g/mol. The summed E-state index contributed by atoms with van der Waals surface area (Å²) in [7, 11) is 0. The molecule has 0 aliphatic carbocycles. The largest absolute Gasteiger partial charge is 0.434 e. The number of nitrogens with zero attached hydrogens (tertiary/aromatic N) is 2. The number of halogens is 4. The van der Waals surface area contributed by atoms with Gasteiger partial charge >= 0.3 is 6.61 Å². The second-order valence-electron chi connectivity index (χ2n) is 5.53. The van der Waals surface area contributed by atoms with Crippen molar-refractivity contribution in [1.82, 2.24) is 9.78 Å². The molecule has 3 aromatic rings. The van der Waals surface area contributed by atoms with Crippen molar-refractivity contribution >= 4 is 39.1 Å². The van der Waals surface area contributed by atoms with Crippen molar-refractivity contribution in [2.45, 2.75) is 13.2 Å². The Morgan fingerprint density at radius 2 is 2.00 bits per heavy atom. The van der Waals surface area contributed by atoms with Gasteiger partial charge in [0.15, 0.2) is 0 Å². The molecule has 0 bridgehead atoms. The third-order valence-electron chi connectivity index (χ3n) is 3.55. The molecule has 1 N–H and O–H groups in total. The lowest BCUT2D eigenvalue weighted by Crippen LogP contribution is -2.15. The number of ether oxygens (including phenoxy) is 1. The van der Waals surface area contributed by atoms with E-state index < -0.39 is 12.5 Å². The summed E-state index contributed by atoms with van der Waals surface area (Å²) < 4.78 is 31.7. The predicted molar refractivity (Wildman–Crippen MR) is 102 cm³/mol. The summed E-state index contributed by atoms with van der Waals surface area (Å²) in [6, 6.07) is 11.5. The third-order valence-corrected chi connectivity index (χ3v) is 4.30. The van der Waals surface area contributed by atoms with Crippen molar-refractivity contribution in [3.8, 4) is 5.75 Å². The number of alkyl halides is 2. The van der Waals surface area contributed by atoms with E-state index in [1.807, 2.05) is 12.1 Å². The molecule has 0 spiro atoms. The van der Waals surface area contributed by atoms with Gasteiger partial charge in [-0.1, -0.05) is 39.7 Å². The van der Waals surface area contributed by atoms with Gasteiger partial charge < -0.3 is 10.1 Å². The van der Waals surface area contributed by atoms with E-state index in [-0.39, 0.29) is 11.3 Å². The second kappa shape index (κ2) is 8.49. The molecule has 2 aromatic carbocycles. The molecule has 0 atom stereocenters. The lowest BCUT2D eigenvalue weighted by Gasteiger charge is -2.10. The van der Waals surface area contributed by atoms with Gasteiger partial charge in [-0.3, -0.25) is 9.48 Å². The summed E-state index contributed by atoms with van der Waals surface area (Å²) in [5, 5.41) is 7.44. The van der Waals surface area contributed by atoms with Crippen LogP contribution in [0.2, 0.25) is 5.02 Å². The maximum atomic E-state index is 12.5. The van der Waals surface area contributed by atoms with Crippen LogP contribution < -0.4 is 10.1 Å². The zero-order valence-electron chi connectivity index (χ0n) is 13.7. The first-order valence-electron chi connectivity index (χ1n) is 7.73. The van der Waals surface area contributed by atoms with Crippen molar-refractivity contribution < 1.29 is 18.3 Å². The van der Waals surface area contributed by atoms with Gasteiger partial charge in [0.05, 0.1) is 24.0 Å². The zero-order chi connectivity index (χ0) is 19.4. The van der Waals surface area contributed by atoms with Crippen LogP contribution in [-0.4, -0.2) is 22.3 Å². The molecular weight excluding hydrogens is 444 g/mol. The van der Waals surface area contributed by atoms with Crippen LogP contribution in [-0.2, 0) is 6.54 Å². The summed E-state index contributed by atoms with van der Waals surface area (Å²) >= 11 is 9.07. The van der Waals surface area contributed by atoms with Gasteiger partial charge in [0.25, 0.3) is 5.91 Å². The molecule has 0 aliphatic heterocycles. The smallest absolute Gasteiger partial charge is 0.387 e. The molecule has 0 unspecified atom stereocenters. The quantitative estimate of drug-likeness (QED) is 0.555. The molecule has 0 saturated carbocycles. The molecule has 1 aromatic heterocycles. The fourth-order valence-corrected chi connectivity index (χ4v) is 2.86. The highest BCUT2D eigenvalue weighted by Crippen LogP contribution is 2.26. The molecule has 27 heavy (non-hydrogen) atoms. The molecule has 0 aliphatic rings. The summed E-state index contributed by atoms with van der Waals surface area (Å²) in [4.78, 5) is 12.5. The topological polar surface area (TPSA) is 56.2 Å². The number of hydrogen-bond donors (Lipinski definition) is 1. The Bertz CT molecular complexity index is 948. The van der Waals surface area contributed by atoms with Crippen LogP contribution >= 0.6 is 27.5 Å². The SMILES string of the molecule is O=C(Nc1cnn(Cc2ccc(Cl)cc2)c1)c1cc(Br)ccc1OC(F)F. The van der Waals surface area contributed by atoms with Crippen LogP contribution in [0.5, 0.6) is 5.75 Å². The zero-order valence-corrected chi connectivity index (χ0v) is 16.0. The molecule has 140 valence electrons. The number of carbonyl (C=O) groups excluding carboxylic acids is 1. The van der Waals surface area contributed by atoms with Crippen molar-refractivity contribution in [3.63, 3.8) is 0 Å². The van der Waals surface area contributed by atoms with E-state index >= 15 is 0 Å². The van der Waals surface area contributed by atoms with E-state index in [1.54, 1.807) is 23.0 Å². The van der Waals surface area contributed by atoms with Crippen molar-refractivity contribution in [3.05, 3.63) is 75.5 Å². The maximum absolute atomic E-state index is 12.5. The minimum atomic E-state index is -3.03. The number of hydrogen-bond acceptors (Lipinski definition) is 3. The molecule has 0 fully saturated rings. The number of nitrogens with one attached hydrogen (secondary N) is 1. The van der Waals surface area contributed by atoms with Gasteiger partial charge in [-0.25, -0.2) is 0 Å². The number of amides is 1. The van der Waals surface area contributed by atoms with Gasteiger partial charge in [0.1, 0.15) is 5.75 Å². The van der Waals surface area contributed by atoms with Crippen LogP contribution in [0.25, 0.3) is 0 Å². The number of anilines is 1. The Morgan fingerprint density at radius 3 is 2.70 bits per heavy atom. The van der Waals surface area contributed by atoms with E-state index in [4.69, 9.17) is 11.6 Å². The van der Waals surface area contributed by atoms with Crippen LogP contribution in [0.3, 0.4) is 0 Å². The normalized spacial score (nSPS) is 10.9. The van der Waals surface area contributed by atoms with Gasteiger partial charge in [-0.2, -0.15) is 13.9 Å². The first-order chi connectivity index (χ1) is 12.9. The van der Waals surface area contributed by atoms with E-state index in [0.717, 1.165) is 5.56 Å². The fourth-order valence-electron chi connectivity index (χ4n) is 2.37. The van der Waals surface area contributed by atoms with E-state index in [9.17, 15) is 13.6 Å². The summed E-state index contributed by atoms with van der Waals surface area (Å²) in [6.07, 6.45) is 3.11. The van der Waals surface area contributed by atoms with E-state index in [0.29, 0.717) is 21.7 Å². The number of rotatable bonds is 6. The predicted octanol–water partition coefficient (Wildman–Crippen LogP) is 5.20. The van der Waals surface area contributed by atoms with E-state index in [2.05, 4.69) is 31.1 Å². The van der Waals surface area contributed by atoms with Gasteiger partial charge in [0, 0.05) is 15.7 Å². The highest BCUT2D eigenvalue weighted by molar-refractivity contribution is 9.10. The van der Waals surface area contributed by atoms with Crippen LogP contribution in [0.1, 0.15) is 15.9 Å². The van der Waals surface area contributed by atoms with Crippen LogP contribution in [0.4, 0.5) is 14.5 Å². The Hall–Kier alpha value is -2.45. The average Bonchev–Trinajstić information content (AvgIpc) is 3.05. The first kappa shape index (κ1) is 19.3. The highest BCUT2D eigenvalue weighted by atomic mass is 79.9.